The Morgan fingerprint density at radius 2 is 2.00 bits per heavy atom. The van der Waals surface area contributed by atoms with Crippen molar-refractivity contribution in [2.24, 2.45) is 5.92 Å². The fourth-order valence-electron chi connectivity index (χ4n) is 2.29. The van der Waals surface area contributed by atoms with Gasteiger partial charge in [0.05, 0.1) is 5.92 Å². The summed E-state index contributed by atoms with van der Waals surface area (Å²) in [5, 5.41) is 14.4. The highest BCUT2D eigenvalue weighted by molar-refractivity contribution is 5.75. The highest BCUT2D eigenvalue weighted by atomic mass is 16.4. The van der Waals surface area contributed by atoms with Gasteiger partial charge in [-0.25, -0.2) is 4.79 Å². The number of carboxylic acids is 1. The van der Waals surface area contributed by atoms with E-state index in [0.29, 0.717) is 19.0 Å². The first-order chi connectivity index (χ1) is 9.58. The zero-order valence-electron chi connectivity index (χ0n) is 12.5. The lowest BCUT2D eigenvalue weighted by Crippen LogP contribution is -2.43. The van der Waals surface area contributed by atoms with Gasteiger partial charge in [0.25, 0.3) is 0 Å². The molecule has 1 rings (SSSR count). The predicted octanol–water partition coefficient (Wildman–Crippen LogP) is 1.27. The molecule has 1 aliphatic carbocycles. The summed E-state index contributed by atoms with van der Waals surface area (Å²) in [6.45, 7) is 6.71. The van der Waals surface area contributed by atoms with Crippen LogP contribution in [0.2, 0.25) is 0 Å². The van der Waals surface area contributed by atoms with Gasteiger partial charge >= 0.3 is 12.0 Å². The Hall–Kier alpha value is -1.30. The fourth-order valence-corrected chi connectivity index (χ4v) is 2.29. The highest BCUT2D eigenvalue weighted by Gasteiger charge is 2.27. The molecule has 6 heteroatoms. The van der Waals surface area contributed by atoms with Crippen LogP contribution in [0.3, 0.4) is 0 Å². The molecule has 6 nitrogen and oxygen atoms in total. The summed E-state index contributed by atoms with van der Waals surface area (Å²) in [6, 6.07) is 0.421. The Kier molecular flexibility index (Phi) is 7.36. The summed E-state index contributed by atoms with van der Waals surface area (Å²) >= 11 is 0. The van der Waals surface area contributed by atoms with Crippen molar-refractivity contribution in [3.63, 3.8) is 0 Å². The summed E-state index contributed by atoms with van der Waals surface area (Å²) < 4.78 is 0. The minimum Gasteiger partial charge on any atom is -0.481 e. The van der Waals surface area contributed by atoms with E-state index in [1.165, 1.54) is 12.8 Å². The molecule has 0 radical (unpaired) electrons. The fraction of sp³-hybridized carbons (Fsp3) is 0.857. The van der Waals surface area contributed by atoms with Gasteiger partial charge in [0, 0.05) is 25.7 Å². The zero-order chi connectivity index (χ0) is 15.0. The number of urea groups is 1. The largest absolute Gasteiger partial charge is 0.481 e. The van der Waals surface area contributed by atoms with Crippen LogP contribution in [0.4, 0.5) is 4.79 Å². The van der Waals surface area contributed by atoms with Gasteiger partial charge in [0.2, 0.25) is 0 Å². The maximum absolute atomic E-state index is 11.6. The molecule has 0 bridgehead atoms. The van der Waals surface area contributed by atoms with Crippen LogP contribution in [0, 0.1) is 5.92 Å². The Balaban J connectivity index is 2.14. The highest BCUT2D eigenvalue weighted by Crippen LogP contribution is 2.25. The van der Waals surface area contributed by atoms with Gasteiger partial charge in [-0.05, 0) is 25.8 Å². The molecule has 0 aromatic carbocycles. The van der Waals surface area contributed by atoms with Crippen molar-refractivity contribution in [1.82, 2.24) is 15.5 Å². The number of aliphatic carboxylic acids is 1. The van der Waals surface area contributed by atoms with Gasteiger partial charge in [-0.2, -0.15) is 0 Å². The van der Waals surface area contributed by atoms with E-state index in [1.54, 1.807) is 0 Å². The van der Waals surface area contributed by atoms with Gasteiger partial charge in [0.15, 0.2) is 0 Å². The quantitative estimate of drug-likeness (QED) is 0.564. The molecule has 0 aromatic rings. The van der Waals surface area contributed by atoms with Gasteiger partial charge in [-0.3, -0.25) is 9.69 Å². The number of hydrogen-bond acceptors (Lipinski definition) is 3. The number of nitrogens with one attached hydrogen (secondary N) is 2. The molecule has 116 valence electrons. The number of amides is 2. The van der Waals surface area contributed by atoms with Crippen molar-refractivity contribution < 1.29 is 14.7 Å². The number of carboxylic acid groups (broad SMARTS) is 1. The zero-order valence-corrected chi connectivity index (χ0v) is 12.5. The van der Waals surface area contributed by atoms with E-state index in [-0.39, 0.29) is 12.6 Å². The van der Waals surface area contributed by atoms with Crippen molar-refractivity contribution in [1.29, 1.82) is 0 Å². The van der Waals surface area contributed by atoms with E-state index < -0.39 is 11.9 Å². The van der Waals surface area contributed by atoms with Gasteiger partial charge in [-0.1, -0.05) is 20.3 Å². The topological polar surface area (TPSA) is 81.7 Å². The molecule has 20 heavy (non-hydrogen) atoms. The minimum absolute atomic E-state index is 0.190. The molecule has 0 saturated heterocycles. The third kappa shape index (κ3) is 6.23. The van der Waals surface area contributed by atoms with Crippen LogP contribution in [0.5, 0.6) is 0 Å². The first kappa shape index (κ1) is 16.8. The first-order valence-electron chi connectivity index (χ1n) is 7.57. The number of nitrogens with zero attached hydrogens (tertiary/aromatic N) is 1. The van der Waals surface area contributed by atoms with Crippen LogP contribution in [-0.2, 0) is 4.79 Å². The molecule has 0 aliphatic heterocycles. The standard InChI is InChI=1S/C14H27N3O3/c1-3-5-11(13(18)19)10-16-14(20)15-8-9-17(4-2)12-6-7-12/h11-12H,3-10H2,1-2H3,(H,18,19)(H2,15,16,20). The van der Waals surface area contributed by atoms with E-state index in [2.05, 4.69) is 22.5 Å². The van der Waals surface area contributed by atoms with Crippen molar-refractivity contribution in [2.75, 3.05) is 26.2 Å². The average Bonchev–Trinajstić information content (AvgIpc) is 3.23. The van der Waals surface area contributed by atoms with Crippen LogP contribution < -0.4 is 10.6 Å². The molecule has 1 saturated carbocycles. The van der Waals surface area contributed by atoms with Crippen molar-refractivity contribution in [2.45, 2.75) is 45.6 Å². The molecule has 1 aliphatic rings. The molecule has 1 unspecified atom stereocenters. The summed E-state index contributed by atoms with van der Waals surface area (Å²) in [6.07, 6.45) is 3.91. The molecular weight excluding hydrogens is 258 g/mol. The monoisotopic (exact) mass is 285 g/mol. The average molecular weight is 285 g/mol. The van der Waals surface area contributed by atoms with E-state index in [0.717, 1.165) is 19.5 Å². The smallest absolute Gasteiger partial charge is 0.314 e. The SMILES string of the molecule is CCCC(CNC(=O)NCCN(CC)C1CC1)C(=O)O. The van der Waals surface area contributed by atoms with E-state index in [9.17, 15) is 9.59 Å². The Bertz CT molecular complexity index is 319. The number of rotatable bonds is 10. The number of likely N-dealkylation sites (N-methyl/N-ethyl adjacent to an activating group) is 1. The van der Waals surface area contributed by atoms with E-state index in [4.69, 9.17) is 5.11 Å². The molecule has 1 fully saturated rings. The molecule has 3 N–H and O–H groups in total. The molecule has 0 heterocycles. The van der Waals surface area contributed by atoms with Crippen LogP contribution in [-0.4, -0.2) is 54.2 Å². The maximum atomic E-state index is 11.6. The second-order valence-electron chi connectivity index (χ2n) is 5.32. The second-order valence-corrected chi connectivity index (χ2v) is 5.32. The predicted molar refractivity (Wildman–Crippen MR) is 77.7 cm³/mol. The summed E-state index contributed by atoms with van der Waals surface area (Å²) in [4.78, 5) is 24.9. The maximum Gasteiger partial charge on any atom is 0.314 e. The Morgan fingerprint density at radius 1 is 1.30 bits per heavy atom. The lowest BCUT2D eigenvalue weighted by atomic mass is 10.0. The second kappa shape index (κ2) is 8.79. The van der Waals surface area contributed by atoms with E-state index in [1.807, 2.05) is 6.92 Å². The first-order valence-corrected chi connectivity index (χ1v) is 7.57. The van der Waals surface area contributed by atoms with Crippen LogP contribution in [0.25, 0.3) is 0 Å². The van der Waals surface area contributed by atoms with Crippen LogP contribution in [0.15, 0.2) is 0 Å². The number of carbonyl (C=O) groups is 2. The molecule has 0 aromatic heterocycles. The summed E-state index contributed by atoms with van der Waals surface area (Å²) in [5.74, 6) is -1.35. The summed E-state index contributed by atoms with van der Waals surface area (Å²) in [7, 11) is 0. The van der Waals surface area contributed by atoms with E-state index >= 15 is 0 Å². The summed E-state index contributed by atoms with van der Waals surface area (Å²) in [5.41, 5.74) is 0. The van der Waals surface area contributed by atoms with Crippen LogP contribution in [0.1, 0.15) is 39.5 Å². The Labute approximate surface area is 120 Å². The number of hydrogen-bond donors (Lipinski definition) is 3. The Morgan fingerprint density at radius 3 is 2.50 bits per heavy atom. The third-order valence-corrected chi connectivity index (χ3v) is 3.65. The molecule has 1 atom stereocenters. The number of carbonyl (C=O) groups excluding carboxylic acids is 1. The van der Waals surface area contributed by atoms with Crippen molar-refractivity contribution in [3.05, 3.63) is 0 Å². The lowest BCUT2D eigenvalue weighted by molar-refractivity contribution is -0.141. The molecule has 2 amide bonds. The van der Waals surface area contributed by atoms with Crippen molar-refractivity contribution in [3.8, 4) is 0 Å². The third-order valence-electron chi connectivity index (χ3n) is 3.65. The lowest BCUT2D eigenvalue weighted by Gasteiger charge is -2.20. The molecular formula is C14H27N3O3. The minimum atomic E-state index is -0.849. The van der Waals surface area contributed by atoms with Gasteiger partial charge in [0.1, 0.15) is 0 Å². The van der Waals surface area contributed by atoms with Crippen LogP contribution >= 0.6 is 0 Å². The van der Waals surface area contributed by atoms with Gasteiger partial charge in [-0.15, -0.1) is 0 Å². The normalized spacial score (nSPS) is 15.9. The van der Waals surface area contributed by atoms with Crippen molar-refractivity contribution >= 4 is 12.0 Å². The molecule has 0 spiro atoms. The van der Waals surface area contributed by atoms with Gasteiger partial charge < -0.3 is 15.7 Å².